The SMILES string of the molecule is CC(C)(C)O[Si]1(CCCBr)OC(C)(C)CC(C)(C)O1. The topological polar surface area (TPSA) is 27.7 Å². The van der Waals surface area contributed by atoms with E-state index >= 15 is 0 Å². The monoisotopic (exact) mass is 352 g/mol. The van der Waals surface area contributed by atoms with Gasteiger partial charge >= 0.3 is 8.80 Å². The van der Waals surface area contributed by atoms with E-state index in [1.807, 2.05) is 0 Å². The van der Waals surface area contributed by atoms with Crippen molar-refractivity contribution in [3.8, 4) is 0 Å². The predicted octanol–water partition coefficient (Wildman–Crippen LogP) is 4.52. The van der Waals surface area contributed by atoms with Crippen LogP contribution in [0, 0.1) is 0 Å². The molecular weight excluding hydrogens is 324 g/mol. The number of alkyl halides is 1. The zero-order valence-electron chi connectivity index (χ0n) is 13.4. The van der Waals surface area contributed by atoms with E-state index in [9.17, 15) is 0 Å². The number of halogens is 1. The molecule has 1 aliphatic rings. The number of hydrogen-bond acceptors (Lipinski definition) is 3. The molecule has 0 aliphatic carbocycles. The highest BCUT2D eigenvalue weighted by atomic mass is 79.9. The summed E-state index contributed by atoms with van der Waals surface area (Å²) in [6.45, 7) is 14.8. The average Bonchev–Trinajstić information content (AvgIpc) is 2.05. The Labute approximate surface area is 127 Å². The summed E-state index contributed by atoms with van der Waals surface area (Å²) in [5, 5.41) is 0.947. The maximum Gasteiger partial charge on any atom is 0.502 e. The molecule has 0 aromatic rings. The highest BCUT2D eigenvalue weighted by Gasteiger charge is 2.55. The molecule has 0 bridgehead atoms. The van der Waals surface area contributed by atoms with E-state index in [4.69, 9.17) is 13.3 Å². The summed E-state index contributed by atoms with van der Waals surface area (Å²) in [7, 11) is -2.64. The van der Waals surface area contributed by atoms with Gasteiger partial charge in [0.25, 0.3) is 0 Å². The van der Waals surface area contributed by atoms with Gasteiger partial charge in [-0.3, -0.25) is 0 Å². The second-order valence-electron chi connectivity index (χ2n) is 7.59. The van der Waals surface area contributed by atoms with Crippen molar-refractivity contribution < 1.29 is 13.3 Å². The van der Waals surface area contributed by atoms with Crippen molar-refractivity contribution in [2.45, 2.75) is 84.2 Å². The minimum absolute atomic E-state index is 0.189. The Balaban J connectivity index is 3.00. The Morgan fingerprint density at radius 2 is 1.58 bits per heavy atom. The van der Waals surface area contributed by atoms with Gasteiger partial charge in [0.2, 0.25) is 0 Å². The lowest BCUT2D eigenvalue weighted by Gasteiger charge is -2.51. The van der Waals surface area contributed by atoms with Gasteiger partial charge in [0.1, 0.15) is 0 Å². The van der Waals surface area contributed by atoms with Gasteiger partial charge in [-0.1, -0.05) is 15.9 Å². The van der Waals surface area contributed by atoms with Crippen molar-refractivity contribution in [2.24, 2.45) is 0 Å². The van der Waals surface area contributed by atoms with Crippen molar-refractivity contribution in [1.29, 1.82) is 0 Å². The molecule has 0 spiro atoms. The maximum atomic E-state index is 6.35. The van der Waals surface area contributed by atoms with Crippen LogP contribution in [-0.2, 0) is 13.3 Å². The zero-order chi connectivity index (χ0) is 14.9. The molecule has 0 atom stereocenters. The average molecular weight is 353 g/mol. The molecular formula is C14H29BrO3Si. The van der Waals surface area contributed by atoms with Crippen LogP contribution in [0.4, 0.5) is 0 Å². The minimum Gasteiger partial charge on any atom is -0.368 e. The first-order chi connectivity index (χ1) is 8.39. The first-order valence-electron chi connectivity index (χ1n) is 7.05. The lowest BCUT2D eigenvalue weighted by Crippen LogP contribution is -2.63. The van der Waals surface area contributed by atoms with Crippen molar-refractivity contribution >= 4 is 24.7 Å². The summed E-state index contributed by atoms with van der Waals surface area (Å²) in [5.74, 6) is 0. The largest absolute Gasteiger partial charge is 0.502 e. The second-order valence-corrected chi connectivity index (χ2v) is 10.9. The molecule has 1 fully saturated rings. The van der Waals surface area contributed by atoms with Crippen LogP contribution >= 0.6 is 15.9 Å². The minimum atomic E-state index is -2.64. The zero-order valence-corrected chi connectivity index (χ0v) is 16.0. The lowest BCUT2D eigenvalue weighted by molar-refractivity contribution is -0.146. The lowest BCUT2D eigenvalue weighted by atomic mass is 9.93. The van der Waals surface area contributed by atoms with E-state index in [2.05, 4.69) is 64.4 Å². The Kier molecular flexibility index (Phi) is 5.34. The first-order valence-corrected chi connectivity index (χ1v) is 10.1. The van der Waals surface area contributed by atoms with Crippen LogP contribution in [0.2, 0.25) is 6.04 Å². The number of hydrogen-bond donors (Lipinski definition) is 0. The molecule has 114 valence electrons. The maximum absolute atomic E-state index is 6.35. The van der Waals surface area contributed by atoms with Crippen LogP contribution in [0.25, 0.3) is 0 Å². The molecule has 0 N–H and O–H groups in total. The van der Waals surface area contributed by atoms with Crippen LogP contribution in [0.3, 0.4) is 0 Å². The highest BCUT2D eigenvalue weighted by molar-refractivity contribution is 9.09. The van der Waals surface area contributed by atoms with Crippen molar-refractivity contribution in [1.82, 2.24) is 0 Å². The standard InChI is InChI=1S/C14H29BrO3Si/c1-12(2,3)16-19(10-8-9-15)17-13(4,5)11-14(6,7)18-19/h8-11H2,1-7H3. The predicted molar refractivity (Wildman–Crippen MR) is 84.8 cm³/mol. The van der Waals surface area contributed by atoms with Gasteiger partial charge in [0, 0.05) is 17.8 Å². The van der Waals surface area contributed by atoms with E-state index in [0.29, 0.717) is 0 Å². The van der Waals surface area contributed by atoms with E-state index in [-0.39, 0.29) is 16.8 Å². The Bertz CT molecular complexity index is 289. The van der Waals surface area contributed by atoms with E-state index in [1.165, 1.54) is 0 Å². The second kappa shape index (κ2) is 5.76. The van der Waals surface area contributed by atoms with Crippen LogP contribution in [0.1, 0.15) is 61.3 Å². The fraction of sp³-hybridized carbons (Fsp3) is 1.00. The van der Waals surface area contributed by atoms with Gasteiger partial charge in [-0.2, -0.15) is 0 Å². The number of rotatable bonds is 4. The summed E-state index contributed by atoms with van der Waals surface area (Å²) in [6, 6.07) is 0.863. The normalized spacial score (nSPS) is 25.3. The summed E-state index contributed by atoms with van der Waals surface area (Å²) < 4.78 is 19.0. The molecule has 0 aromatic heterocycles. The molecule has 0 saturated carbocycles. The Morgan fingerprint density at radius 1 is 1.11 bits per heavy atom. The third-order valence-electron chi connectivity index (χ3n) is 2.79. The molecule has 1 heterocycles. The molecule has 1 aliphatic heterocycles. The first kappa shape index (κ1) is 17.6. The van der Waals surface area contributed by atoms with Crippen molar-refractivity contribution in [3.05, 3.63) is 0 Å². The van der Waals surface area contributed by atoms with E-state index in [1.54, 1.807) is 0 Å². The van der Waals surface area contributed by atoms with E-state index in [0.717, 1.165) is 24.2 Å². The van der Waals surface area contributed by atoms with Gasteiger partial charge in [-0.05, 0) is 54.9 Å². The van der Waals surface area contributed by atoms with Crippen LogP contribution < -0.4 is 0 Å². The Hall–Kier alpha value is 0.577. The molecule has 0 radical (unpaired) electrons. The summed E-state index contributed by atoms with van der Waals surface area (Å²) in [5.41, 5.74) is -0.626. The van der Waals surface area contributed by atoms with Crippen LogP contribution in [-0.4, -0.2) is 30.9 Å². The Morgan fingerprint density at radius 3 is 1.95 bits per heavy atom. The summed E-state index contributed by atoms with van der Waals surface area (Å²) in [6.07, 6.45) is 1.89. The van der Waals surface area contributed by atoms with Crippen molar-refractivity contribution in [2.75, 3.05) is 5.33 Å². The summed E-state index contributed by atoms with van der Waals surface area (Å²) >= 11 is 3.49. The van der Waals surface area contributed by atoms with Gasteiger partial charge in [0.05, 0.1) is 16.8 Å². The molecule has 0 amide bonds. The summed E-state index contributed by atoms with van der Waals surface area (Å²) in [4.78, 5) is 0. The quantitative estimate of drug-likeness (QED) is 0.549. The van der Waals surface area contributed by atoms with Crippen LogP contribution in [0.15, 0.2) is 0 Å². The highest BCUT2D eigenvalue weighted by Crippen LogP contribution is 2.41. The molecule has 1 rings (SSSR count). The van der Waals surface area contributed by atoms with E-state index < -0.39 is 8.80 Å². The molecule has 0 aromatic carbocycles. The van der Waals surface area contributed by atoms with Crippen LogP contribution in [0.5, 0.6) is 0 Å². The molecule has 19 heavy (non-hydrogen) atoms. The molecule has 5 heteroatoms. The molecule has 0 unspecified atom stereocenters. The molecule has 3 nitrogen and oxygen atoms in total. The van der Waals surface area contributed by atoms with Gasteiger partial charge in [-0.25, -0.2) is 0 Å². The smallest absolute Gasteiger partial charge is 0.368 e. The fourth-order valence-electron chi connectivity index (χ4n) is 2.90. The third kappa shape index (κ3) is 5.84. The van der Waals surface area contributed by atoms with Gasteiger partial charge in [0.15, 0.2) is 0 Å². The van der Waals surface area contributed by atoms with Crippen molar-refractivity contribution in [3.63, 3.8) is 0 Å². The molecule has 1 saturated heterocycles. The third-order valence-corrected chi connectivity index (χ3v) is 6.97. The van der Waals surface area contributed by atoms with Gasteiger partial charge in [-0.15, -0.1) is 0 Å². The van der Waals surface area contributed by atoms with Gasteiger partial charge < -0.3 is 13.3 Å². The fourth-order valence-corrected chi connectivity index (χ4v) is 7.50.